The van der Waals surface area contributed by atoms with Gasteiger partial charge in [-0.05, 0) is 49.1 Å². The second kappa shape index (κ2) is 8.37. The van der Waals surface area contributed by atoms with E-state index in [4.69, 9.17) is 4.74 Å². The molecule has 2 atom stereocenters. The van der Waals surface area contributed by atoms with E-state index < -0.39 is 5.97 Å². The summed E-state index contributed by atoms with van der Waals surface area (Å²) in [5.41, 5.74) is 3.63. The summed E-state index contributed by atoms with van der Waals surface area (Å²) in [4.78, 5) is 13.6. The van der Waals surface area contributed by atoms with Crippen molar-refractivity contribution in [3.8, 4) is 5.75 Å². The summed E-state index contributed by atoms with van der Waals surface area (Å²) >= 11 is 0. The topological polar surface area (TPSA) is 49.8 Å². The van der Waals surface area contributed by atoms with Crippen molar-refractivity contribution in [2.45, 2.75) is 39.3 Å². The zero-order chi connectivity index (χ0) is 18.5. The standard InChI is InChI=1S/C22H27NO3/c1-3-23-12-11-19(22(24)25)15-21(23)26-20-10-9-18(13-16(20)2)14-17-7-5-4-6-8-17/h4-10,13,19,21H,3,11-12,14-15H2,1-2H3,(H,24,25). The molecule has 1 saturated heterocycles. The molecule has 0 radical (unpaired) electrons. The van der Waals surface area contributed by atoms with Crippen LogP contribution in [0, 0.1) is 12.8 Å². The van der Waals surface area contributed by atoms with Gasteiger partial charge in [-0.3, -0.25) is 9.69 Å². The number of nitrogens with zero attached hydrogens (tertiary/aromatic N) is 1. The van der Waals surface area contributed by atoms with Crippen molar-refractivity contribution in [3.05, 3.63) is 65.2 Å². The second-order valence-electron chi connectivity index (χ2n) is 7.02. The maximum Gasteiger partial charge on any atom is 0.306 e. The third kappa shape index (κ3) is 4.44. The molecule has 0 saturated carbocycles. The minimum atomic E-state index is -0.718. The monoisotopic (exact) mass is 353 g/mol. The maximum atomic E-state index is 11.4. The van der Waals surface area contributed by atoms with Crippen molar-refractivity contribution < 1.29 is 14.6 Å². The Bertz CT molecular complexity index is 744. The third-order valence-electron chi connectivity index (χ3n) is 5.17. The van der Waals surface area contributed by atoms with Crippen LogP contribution in [-0.4, -0.2) is 35.3 Å². The minimum Gasteiger partial charge on any atom is -0.481 e. The number of hydrogen-bond donors (Lipinski definition) is 1. The van der Waals surface area contributed by atoms with Gasteiger partial charge in [0.25, 0.3) is 0 Å². The van der Waals surface area contributed by atoms with E-state index in [2.05, 4.69) is 55.1 Å². The molecule has 2 unspecified atom stereocenters. The van der Waals surface area contributed by atoms with E-state index in [-0.39, 0.29) is 12.1 Å². The Labute approximate surface area is 155 Å². The summed E-state index contributed by atoms with van der Waals surface area (Å²) in [7, 11) is 0. The van der Waals surface area contributed by atoms with Crippen molar-refractivity contribution in [1.29, 1.82) is 0 Å². The minimum absolute atomic E-state index is 0.173. The first-order valence-electron chi connectivity index (χ1n) is 9.33. The molecule has 0 aromatic heterocycles. The average Bonchev–Trinajstić information content (AvgIpc) is 2.64. The Hall–Kier alpha value is -2.33. The molecular formula is C22H27NO3. The Morgan fingerprint density at radius 2 is 1.96 bits per heavy atom. The lowest BCUT2D eigenvalue weighted by atomic mass is 9.95. The Morgan fingerprint density at radius 3 is 2.62 bits per heavy atom. The first-order valence-corrected chi connectivity index (χ1v) is 9.33. The highest BCUT2D eigenvalue weighted by Crippen LogP contribution is 2.28. The zero-order valence-corrected chi connectivity index (χ0v) is 15.5. The first kappa shape index (κ1) is 18.5. The van der Waals surface area contributed by atoms with Crippen LogP contribution in [0.2, 0.25) is 0 Å². The second-order valence-corrected chi connectivity index (χ2v) is 7.02. The lowest BCUT2D eigenvalue weighted by molar-refractivity contribution is -0.146. The summed E-state index contributed by atoms with van der Waals surface area (Å²) in [5.74, 6) is -0.193. The Morgan fingerprint density at radius 1 is 1.19 bits per heavy atom. The van der Waals surface area contributed by atoms with Crippen LogP contribution in [0.15, 0.2) is 48.5 Å². The van der Waals surface area contributed by atoms with Crippen LogP contribution >= 0.6 is 0 Å². The SMILES string of the molecule is CCN1CCC(C(=O)O)CC1Oc1ccc(Cc2ccccc2)cc1C. The Kier molecular flexibility index (Phi) is 5.94. The number of rotatable bonds is 6. The predicted octanol–water partition coefficient (Wildman–Crippen LogP) is 4.11. The molecule has 1 fully saturated rings. The predicted molar refractivity (Wildman–Crippen MR) is 102 cm³/mol. The van der Waals surface area contributed by atoms with E-state index in [0.717, 1.165) is 30.8 Å². The lowest BCUT2D eigenvalue weighted by Gasteiger charge is -2.37. The molecule has 4 heteroatoms. The maximum absolute atomic E-state index is 11.4. The number of carboxylic acid groups (broad SMARTS) is 1. The number of aliphatic carboxylic acids is 1. The van der Waals surface area contributed by atoms with Crippen molar-refractivity contribution in [1.82, 2.24) is 4.90 Å². The van der Waals surface area contributed by atoms with Gasteiger partial charge in [-0.25, -0.2) is 0 Å². The molecule has 4 nitrogen and oxygen atoms in total. The van der Waals surface area contributed by atoms with Crippen LogP contribution in [0.1, 0.15) is 36.5 Å². The molecule has 0 bridgehead atoms. The average molecular weight is 353 g/mol. The van der Waals surface area contributed by atoms with Crippen LogP contribution in [0.25, 0.3) is 0 Å². The molecule has 1 heterocycles. The van der Waals surface area contributed by atoms with Gasteiger partial charge in [0.2, 0.25) is 0 Å². The van der Waals surface area contributed by atoms with E-state index in [9.17, 15) is 9.90 Å². The molecule has 1 aliphatic rings. The van der Waals surface area contributed by atoms with Crippen LogP contribution < -0.4 is 4.74 Å². The number of aryl methyl sites for hydroxylation is 1. The van der Waals surface area contributed by atoms with Crippen LogP contribution in [0.4, 0.5) is 0 Å². The van der Waals surface area contributed by atoms with Crippen molar-refractivity contribution in [2.24, 2.45) is 5.92 Å². The van der Waals surface area contributed by atoms with Crippen LogP contribution in [-0.2, 0) is 11.2 Å². The highest BCUT2D eigenvalue weighted by molar-refractivity contribution is 5.70. The molecule has 26 heavy (non-hydrogen) atoms. The highest BCUT2D eigenvalue weighted by atomic mass is 16.5. The number of carbonyl (C=O) groups is 1. The van der Waals surface area contributed by atoms with E-state index in [1.165, 1.54) is 11.1 Å². The van der Waals surface area contributed by atoms with Crippen molar-refractivity contribution in [3.63, 3.8) is 0 Å². The molecule has 2 aromatic carbocycles. The normalized spacial score (nSPS) is 20.7. The first-order chi connectivity index (χ1) is 12.6. The van der Waals surface area contributed by atoms with Crippen molar-refractivity contribution >= 4 is 5.97 Å². The molecule has 0 amide bonds. The van der Waals surface area contributed by atoms with Gasteiger partial charge in [-0.1, -0.05) is 49.4 Å². The summed E-state index contributed by atoms with van der Waals surface area (Å²) in [6.45, 7) is 5.77. The number of carboxylic acids is 1. The molecule has 1 N–H and O–H groups in total. The molecule has 0 aliphatic carbocycles. The lowest BCUT2D eigenvalue weighted by Crippen LogP contribution is -2.47. The fourth-order valence-electron chi connectivity index (χ4n) is 3.62. The molecule has 1 aliphatic heterocycles. The van der Waals surface area contributed by atoms with Gasteiger partial charge < -0.3 is 9.84 Å². The quantitative estimate of drug-likeness (QED) is 0.849. The van der Waals surface area contributed by atoms with Crippen LogP contribution in [0.5, 0.6) is 5.75 Å². The van der Waals surface area contributed by atoms with Gasteiger partial charge >= 0.3 is 5.97 Å². The van der Waals surface area contributed by atoms with Gasteiger partial charge in [0, 0.05) is 13.0 Å². The highest BCUT2D eigenvalue weighted by Gasteiger charge is 2.32. The van der Waals surface area contributed by atoms with Crippen LogP contribution in [0.3, 0.4) is 0 Å². The summed E-state index contributed by atoms with van der Waals surface area (Å²) in [6, 6.07) is 16.7. The molecule has 2 aromatic rings. The van der Waals surface area contributed by atoms with E-state index in [1.54, 1.807) is 0 Å². The van der Waals surface area contributed by atoms with Gasteiger partial charge in [-0.15, -0.1) is 0 Å². The van der Waals surface area contributed by atoms with Crippen molar-refractivity contribution in [2.75, 3.05) is 13.1 Å². The van der Waals surface area contributed by atoms with E-state index in [0.29, 0.717) is 12.8 Å². The fraction of sp³-hybridized carbons (Fsp3) is 0.409. The number of hydrogen-bond acceptors (Lipinski definition) is 3. The third-order valence-corrected chi connectivity index (χ3v) is 5.17. The van der Waals surface area contributed by atoms with Gasteiger partial charge in [-0.2, -0.15) is 0 Å². The fourth-order valence-corrected chi connectivity index (χ4v) is 3.62. The van der Waals surface area contributed by atoms with Gasteiger partial charge in [0.15, 0.2) is 6.23 Å². The van der Waals surface area contributed by atoms with Gasteiger partial charge in [0.05, 0.1) is 5.92 Å². The molecule has 3 rings (SSSR count). The number of benzene rings is 2. The smallest absolute Gasteiger partial charge is 0.306 e. The van der Waals surface area contributed by atoms with Gasteiger partial charge in [0.1, 0.15) is 5.75 Å². The van der Waals surface area contributed by atoms with E-state index >= 15 is 0 Å². The molecule has 138 valence electrons. The zero-order valence-electron chi connectivity index (χ0n) is 15.5. The van der Waals surface area contributed by atoms with E-state index in [1.807, 2.05) is 12.1 Å². The largest absolute Gasteiger partial charge is 0.481 e. The molecule has 0 spiro atoms. The Balaban J connectivity index is 1.71. The summed E-state index contributed by atoms with van der Waals surface area (Å²) < 4.78 is 6.24. The summed E-state index contributed by atoms with van der Waals surface area (Å²) in [5, 5.41) is 9.34. The number of ether oxygens (including phenoxy) is 1. The molecular weight excluding hydrogens is 326 g/mol. The number of likely N-dealkylation sites (tertiary alicyclic amines) is 1. The number of piperidine rings is 1. The summed E-state index contributed by atoms with van der Waals surface area (Å²) in [6.07, 6.45) is 1.95.